The van der Waals surface area contributed by atoms with Crippen molar-refractivity contribution in [3.63, 3.8) is 0 Å². The van der Waals surface area contributed by atoms with Gasteiger partial charge >= 0.3 is 0 Å². The second kappa shape index (κ2) is 12.4. The normalized spacial score (nSPS) is 11.2. The standard InChI is InChI=1S/C18H30N2OS/c1-3-4-5-6-7-8-9-10-11-12-18(21)20-19-15-17-14-13-16(2)22-17/h13-15H,3-12H2,1-2H3,(H,20,21). The molecule has 0 saturated heterocycles. The van der Waals surface area contributed by atoms with E-state index in [9.17, 15) is 4.79 Å². The molecule has 0 aliphatic carbocycles. The summed E-state index contributed by atoms with van der Waals surface area (Å²) in [5.74, 6) is 0.0208. The van der Waals surface area contributed by atoms with Crippen LogP contribution in [-0.2, 0) is 4.79 Å². The second-order valence-electron chi connectivity index (χ2n) is 5.82. The van der Waals surface area contributed by atoms with Crippen LogP contribution in [0.25, 0.3) is 0 Å². The molecule has 0 aliphatic rings. The van der Waals surface area contributed by atoms with Crippen molar-refractivity contribution in [2.75, 3.05) is 0 Å². The summed E-state index contributed by atoms with van der Waals surface area (Å²) in [7, 11) is 0. The molecule has 0 aromatic carbocycles. The number of nitrogens with zero attached hydrogens (tertiary/aromatic N) is 1. The molecule has 0 spiro atoms. The maximum Gasteiger partial charge on any atom is 0.240 e. The van der Waals surface area contributed by atoms with Gasteiger partial charge in [0.25, 0.3) is 0 Å². The van der Waals surface area contributed by atoms with E-state index in [4.69, 9.17) is 0 Å². The molecule has 0 radical (unpaired) electrons. The number of carbonyl (C=O) groups excluding carboxylic acids is 1. The first-order valence-corrected chi connectivity index (χ1v) is 9.42. The minimum Gasteiger partial charge on any atom is -0.273 e. The lowest BCUT2D eigenvalue weighted by Crippen LogP contribution is -2.16. The highest BCUT2D eigenvalue weighted by Crippen LogP contribution is 2.12. The number of aryl methyl sites for hydroxylation is 1. The first kappa shape index (κ1) is 18.9. The van der Waals surface area contributed by atoms with Crippen LogP contribution >= 0.6 is 11.3 Å². The molecule has 1 N–H and O–H groups in total. The number of rotatable bonds is 12. The number of hydrogen-bond acceptors (Lipinski definition) is 3. The molecule has 0 unspecified atom stereocenters. The van der Waals surface area contributed by atoms with E-state index in [0.29, 0.717) is 6.42 Å². The molecule has 22 heavy (non-hydrogen) atoms. The SMILES string of the molecule is CCCCCCCCCCCC(=O)NN=Cc1ccc(C)s1. The fraction of sp³-hybridized carbons (Fsp3) is 0.667. The topological polar surface area (TPSA) is 41.5 Å². The number of hydrazone groups is 1. The first-order chi connectivity index (χ1) is 10.7. The lowest BCUT2D eigenvalue weighted by atomic mass is 10.1. The Morgan fingerprint density at radius 2 is 1.73 bits per heavy atom. The molecular formula is C18H30N2OS. The molecular weight excluding hydrogens is 292 g/mol. The zero-order valence-electron chi connectivity index (χ0n) is 14.1. The van der Waals surface area contributed by atoms with Gasteiger partial charge in [-0.1, -0.05) is 58.3 Å². The third-order valence-corrected chi connectivity index (χ3v) is 4.58. The highest BCUT2D eigenvalue weighted by molar-refractivity contribution is 7.13. The molecule has 3 nitrogen and oxygen atoms in total. The number of unbranched alkanes of at least 4 members (excludes halogenated alkanes) is 8. The Morgan fingerprint density at radius 1 is 1.09 bits per heavy atom. The van der Waals surface area contributed by atoms with Crippen molar-refractivity contribution in [2.45, 2.75) is 78.1 Å². The quantitative estimate of drug-likeness (QED) is 0.311. The Morgan fingerprint density at radius 3 is 2.32 bits per heavy atom. The van der Waals surface area contributed by atoms with Crippen LogP contribution in [0.4, 0.5) is 0 Å². The summed E-state index contributed by atoms with van der Waals surface area (Å²) in [5, 5.41) is 4.00. The van der Waals surface area contributed by atoms with E-state index in [2.05, 4.69) is 30.4 Å². The van der Waals surface area contributed by atoms with Crippen molar-refractivity contribution in [3.8, 4) is 0 Å². The van der Waals surface area contributed by atoms with Gasteiger partial charge in [0.15, 0.2) is 0 Å². The van der Waals surface area contributed by atoms with Crippen LogP contribution in [0.15, 0.2) is 17.2 Å². The van der Waals surface area contributed by atoms with E-state index >= 15 is 0 Å². The van der Waals surface area contributed by atoms with Gasteiger partial charge in [-0.15, -0.1) is 11.3 Å². The molecule has 1 heterocycles. The van der Waals surface area contributed by atoms with Gasteiger partial charge in [-0.2, -0.15) is 5.10 Å². The fourth-order valence-corrected chi connectivity index (χ4v) is 3.09. The van der Waals surface area contributed by atoms with Crippen LogP contribution in [0.1, 0.15) is 80.9 Å². The monoisotopic (exact) mass is 322 g/mol. The molecule has 124 valence electrons. The molecule has 0 saturated carbocycles. The van der Waals surface area contributed by atoms with Crippen LogP contribution in [-0.4, -0.2) is 12.1 Å². The summed E-state index contributed by atoms with van der Waals surface area (Å²) in [5.41, 5.74) is 2.60. The molecule has 1 aromatic rings. The van der Waals surface area contributed by atoms with Crippen molar-refractivity contribution in [1.82, 2.24) is 5.43 Å². The maximum absolute atomic E-state index is 11.6. The van der Waals surface area contributed by atoms with E-state index in [1.807, 2.05) is 6.07 Å². The summed E-state index contributed by atoms with van der Waals surface area (Å²) in [6.07, 6.45) is 13.7. The van der Waals surface area contributed by atoms with E-state index in [0.717, 1.165) is 17.7 Å². The molecule has 0 fully saturated rings. The van der Waals surface area contributed by atoms with Gasteiger partial charge in [0.2, 0.25) is 5.91 Å². The van der Waals surface area contributed by atoms with E-state index in [1.54, 1.807) is 17.6 Å². The van der Waals surface area contributed by atoms with Crippen LogP contribution in [0.2, 0.25) is 0 Å². The Hall–Kier alpha value is -1.16. The third kappa shape index (κ3) is 9.72. The van der Waals surface area contributed by atoms with Gasteiger partial charge in [0.1, 0.15) is 0 Å². The zero-order valence-corrected chi connectivity index (χ0v) is 14.9. The van der Waals surface area contributed by atoms with E-state index in [-0.39, 0.29) is 5.91 Å². The second-order valence-corrected chi connectivity index (χ2v) is 7.14. The van der Waals surface area contributed by atoms with Crippen LogP contribution in [0.3, 0.4) is 0 Å². The maximum atomic E-state index is 11.6. The van der Waals surface area contributed by atoms with Crippen molar-refractivity contribution in [3.05, 3.63) is 21.9 Å². The average Bonchev–Trinajstić information content (AvgIpc) is 2.91. The molecule has 4 heteroatoms. The molecule has 0 bridgehead atoms. The highest BCUT2D eigenvalue weighted by atomic mass is 32.1. The van der Waals surface area contributed by atoms with Crippen molar-refractivity contribution < 1.29 is 4.79 Å². The van der Waals surface area contributed by atoms with Crippen molar-refractivity contribution in [1.29, 1.82) is 0 Å². The minimum absolute atomic E-state index is 0.0208. The minimum atomic E-state index is 0.0208. The third-order valence-electron chi connectivity index (χ3n) is 3.65. The lowest BCUT2D eigenvalue weighted by Gasteiger charge is -2.02. The van der Waals surface area contributed by atoms with Gasteiger partial charge in [0.05, 0.1) is 6.21 Å². The molecule has 1 aromatic heterocycles. The largest absolute Gasteiger partial charge is 0.273 e. The number of hydrogen-bond donors (Lipinski definition) is 1. The number of amides is 1. The van der Waals surface area contributed by atoms with Gasteiger partial charge < -0.3 is 0 Å². The predicted molar refractivity (Wildman–Crippen MR) is 96.6 cm³/mol. The average molecular weight is 323 g/mol. The summed E-state index contributed by atoms with van der Waals surface area (Å²) >= 11 is 1.67. The van der Waals surface area contributed by atoms with Gasteiger partial charge in [-0.25, -0.2) is 5.43 Å². The zero-order chi connectivity index (χ0) is 16.0. The summed E-state index contributed by atoms with van der Waals surface area (Å²) in [4.78, 5) is 13.9. The summed E-state index contributed by atoms with van der Waals surface area (Å²) < 4.78 is 0. The van der Waals surface area contributed by atoms with Gasteiger partial charge in [-0.3, -0.25) is 4.79 Å². The Labute approximate surface area is 139 Å². The first-order valence-electron chi connectivity index (χ1n) is 8.60. The lowest BCUT2D eigenvalue weighted by molar-refractivity contribution is -0.121. The predicted octanol–water partition coefficient (Wildman–Crippen LogP) is 5.43. The van der Waals surface area contributed by atoms with Crippen LogP contribution in [0, 0.1) is 6.92 Å². The van der Waals surface area contributed by atoms with Crippen LogP contribution in [0.5, 0.6) is 0 Å². The van der Waals surface area contributed by atoms with Gasteiger partial charge in [-0.05, 0) is 25.5 Å². The Kier molecular flexibility index (Phi) is 10.6. The fourth-order valence-electron chi connectivity index (χ4n) is 2.34. The summed E-state index contributed by atoms with van der Waals surface area (Å²) in [6, 6.07) is 4.06. The highest BCUT2D eigenvalue weighted by Gasteiger charge is 1.99. The Bertz CT molecular complexity index is 440. The molecule has 1 amide bonds. The van der Waals surface area contributed by atoms with Crippen molar-refractivity contribution >= 4 is 23.5 Å². The molecule has 0 atom stereocenters. The van der Waals surface area contributed by atoms with E-state index < -0.39 is 0 Å². The number of carbonyl (C=O) groups is 1. The van der Waals surface area contributed by atoms with E-state index in [1.165, 1.54) is 49.8 Å². The smallest absolute Gasteiger partial charge is 0.240 e. The van der Waals surface area contributed by atoms with Crippen LogP contribution < -0.4 is 5.43 Å². The number of thiophene rings is 1. The van der Waals surface area contributed by atoms with Gasteiger partial charge in [0, 0.05) is 16.2 Å². The summed E-state index contributed by atoms with van der Waals surface area (Å²) in [6.45, 7) is 4.31. The molecule has 1 rings (SSSR count). The Balaban J connectivity index is 1.94. The molecule has 0 aliphatic heterocycles. The number of nitrogens with one attached hydrogen (secondary N) is 1. The van der Waals surface area contributed by atoms with Crippen molar-refractivity contribution in [2.24, 2.45) is 5.10 Å².